The van der Waals surface area contributed by atoms with Crippen molar-refractivity contribution in [2.24, 2.45) is 0 Å². The van der Waals surface area contributed by atoms with E-state index in [9.17, 15) is 0 Å². The number of nitrogens with zero attached hydrogens (tertiary/aromatic N) is 2. The Morgan fingerprint density at radius 1 is 0.595 bits per heavy atom. The second kappa shape index (κ2) is 10.0. The second-order valence-electron chi connectivity index (χ2n) is 12.2. The zero-order valence-electron chi connectivity index (χ0n) is 25.2. The van der Waals surface area contributed by atoms with Crippen molar-refractivity contribution in [1.29, 1.82) is 0 Å². The molecule has 0 fully saturated rings. The predicted molar refractivity (Wildman–Crippen MR) is 177 cm³/mol. The Kier molecular flexibility index (Phi) is 6.27. The molecule has 0 saturated carbocycles. The van der Waals surface area contributed by atoms with E-state index in [0.717, 1.165) is 44.4 Å². The van der Waals surface area contributed by atoms with Gasteiger partial charge in [0.25, 0.3) is 0 Å². The summed E-state index contributed by atoms with van der Waals surface area (Å²) in [4.78, 5) is 5.28. The van der Waals surface area contributed by atoms with Crippen LogP contribution in [0.25, 0.3) is 61.2 Å². The standard InChI is InChI=1S/C39H36N2O/c1-23(2)30-21-29(27-12-8-7-9-13-27)22-31(24(3)4)38(30)41-35-15-11-10-14-34(35)40-39(41)28-16-17-36-33(20-28)32-18-25(5)26(6)19-37(32)42-36/h7-24H,1-6H3. The zero-order valence-corrected chi connectivity index (χ0v) is 25.2. The number of rotatable bonds is 5. The molecular weight excluding hydrogens is 512 g/mol. The maximum absolute atomic E-state index is 6.28. The number of fused-ring (bicyclic) bond motifs is 4. The largest absolute Gasteiger partial charge is 0.456 e. The van der Waals surface area contributed by atoms with E-state index in [0.29, 0.717) is 11.8 Å². The number of benzene rings is 5. The van der Waals surface area contributed by atoms with Crippen LogP contribution >= 0.6 is 0 Å². The monoisotopic (exact) mass is 548 g/mol. The molecule has 3 heteroatoms. The van der Waals surface area contributed by atoms with Gasteiger partial charge in [0.2, 0.25) is 0 Å². The highest BCUT2D eigenvalue weighted by atomic mass is 16.3. The van der Waals surface area contributed by atoms with Gasteiger partial charge in [-0.25, -0.2) is 4.98 Å². The lowest BCUT2D eigenvalue weighted by atomic mass is 9.88. The van der Waals surface area contributed by atoms with Crippen LogP contribution in [0, 0.1) is 13.8 Å². The summed E-state index contributed by atoms with van der Waals surface area (Å²) in [6.07, 6.45) is 0. The average Bonchev–Trinajstić information content (AvgIpc) is 3.54. The molecule has 2 heterocycles. The van der Waals surface area contributed by atoms with E-state index in [1.165, 1.54) is 39.1 Å². The first kappa shape index (κ1) is 26.3. The second-order valence-corrected chi connectivity index (χ2v) is 12.2. The zero-order chi connectivity index (χ0) is 29.1. The summed E-state index contributed by atoms with van der Waals surface area (Å²) in [6.45, 7) is 13.5. The van der Waals surface area contributed by atoms with Crippen LogP contribution in [0.5, 0.6) is 0 Å². The molecule has 3 nitrogen and oxygen atoms in total. The lowest BCUT2D eigenvalue weighted by Gasteiger charge is -2.24. The minimum Gasteiger partial charge on any atom is -0.456 e. The number of furan rings is 1. The maximum Gasteiger partial charge on any atom is 0.145 e. The Balaban J connectivity index is 1.54. The molecule has 0 aliphatic rings. The summed E-state index contributed by atoms with van der Waals surface area (Å²) < 4.78 is 8.69. The normalized spacial score (nSPS) is 12.0. The fourth-order valence-electron chi connectivity index (χ4n) is 6.23. The molecule has 42 heavy (non-hydrogen) atoms. The van der Waals surface area contributed by atoms with E-state index < -0.39 is 0 Å². The van der Waals surface area contributed by atoms with Gasteiger partial charge in [0.1, 0.15) is 17.0 Å². The smallest absolute Gasteiger partial charge is 0.145 e. The Hall–Kier alpha value is -4.63. The summed E-state index contributed by atoms with van der Waals surface area (Å²) in [5.74, 6) is 1.59. The van der Waals surface area contributed by atoms with Crippen LogP contribution in [0.1, 0.15) is 61.8 Å². The number of aromatic nitrogens is 2. The summed E-state index contributed by atoms with van der Waals surface area (Å²) in [6, 6.07) is 34.9. The third kappa shape index (κ3) is 4.23. The quantitative estimate of drug-likeness (QED) is 0.214. The Labute approximate surface area is 247 Å². The lowest BCUT2D eigenvalue weighted by Crippen LogP contribution is -2.09. The van der Waals surface area contributed by atoms with Gasteiger partial charge in [-0.3, -0.25) is 4.57 Å². The molecule has 7 aromatic rings. The van der Waals surface area contributed by atoms with Gasteiger partial charge in [0.15, 0.2) is 0 Å². The minimum atomic E-state index is 0.321. The highest BCUT2D eigenvalue weighted by Gasteiger charge is 2.24. The molecule has 0 unspecified atom stereocenters. The maximum atomic E-state index is 6.28. The molecule has 0 aliphatic carbocycles. The van der Waals surface area contributed by atoms with Crippen LogP contribution in [0.3, 0.4) is 0 Å². The first-order valence-corrected chi connectivity index (χ1v) is 14.9. The van der Waals surface area contributed by atoms with Gasteiger partial charge in [-0.2, -0.15) is 0 Å². The van der Waals surface area contributed by atoms with Crippen LogP contribution in [-0.2, 0) is 0 Å². The fraction of sp³-hybridized carbons (Fsp3) is 0.205. The minimum absolute atomic E-state index is 0.321. The van der Waals surface area contributed by atoms with Gasteiger partial charge in [-0.1, -0.05) is 70.2 Å². The third-order valence-corrected chi connectivity index (χ3v) is 8.65. The van der Waals surface area contributed by atoms with Crippen LogP contribution in [0.4, 0.5) is 0 Å². The molecule has 0 radical (unpaired) electrons. The van der Waals surface area contributed by atoms with Gasteiger partial charge in [-0.15, -0.1) is 0 Å². The van der Waals surface area contributed by atoms with Crippen molar-refractivity contribution in [3.63, 3.8) is 0 Å². The number of aryl methyl sites for hydroxylation is 2. The first-order valence-electron chi connectivity index (χ1n) is 14.9. The number of hydrogen-bond donors (Lipinski definition) is 0. The first-order chi connectivity index (χ1) is 20.3. The van der Waals surface area contributed by atoms with Gasteiger partial charge in [-0.05, 0) is 114 Å². The molecule has 0 atom stereocenters. The van der Waals surface area contributed by atoms with E-state index in [1.807, 2.05) is 0 Å². The van der Waals surface area contributed by atoms with Crippen molar-refractivity contribution in [3.8, 4) is 28.2 Å². The van der Waals surface area contributed by atoms with Gasteiger partial charge in [0.05, 0.1) is 16.7 Å². The molecule has 0 saturated heterocycles. The van der Waals surface area contributed by atoms with Crippen molar-refractivity contribution in [3.05, 3.63) is 119 Å². The van der Waals surface area contributed by atoms with Gasteiger partial charge >= 0.3 is 0 Å². The highest BCUT2D eigenvalue weighted by Crippen LogP contribution is 2.41. The average molecular weight is 549 g/mol. The summed E-state index contributed by atoms with van der Waals surface area (Å²) in [5.41, 5.74) is 13.9. The molecule has 0 amide bonds. The molecule has 0 aliphatic heterocycles. The molecule has 0 N–H and O–H groups in total. The van der Waals surface area contributed by atoms with Crippen molar-refractivity contribution in [2.75, 3.05) is 0 Å². The van der Waals surface area contributed by atoms with Crippen molar-refractivity contribution in [1.82, 2.24) is 9.55 Å². The third-order valence-electron chi connectivity index (χ3n) is 8.65. The fourth-order valence-corrected chi connectivity index (χ4v) is 6.23. The molecule has 208 valence electrons. The highest BCUT2D eigenvalue weighted by molar-refractivity contribution is 6.06. The molecular formula is C39H36N2O. The van der Waals surface area contributed by atoms with Crippen LogP contribution in [0.2, 0.25) is 0 Å². The van der Waals surface area contributed by atoms with E-state index in [1.54, 1.807) is 0 Å². The molecule has 0 spiro atoms. The molecule has 5 aromatic carbocycles. The Morgan fingerprint density at radius 3 is 1.95 bits per heavy atom. The Bertz CT molecular complexity index is 2080. The molecule has 0 bridgehead atoms. The summed E-state index contributed by atoms with van der Waals surface area (Å²) in [7, 11) is 0. The molecule has 7 rings (SSSR count). The number of para-hydroxylation sites is 2. The van der Waals surface area contributed by atoms with Crippen LogP contribution < -0.4 is 0 Å². The van der Waals surface area contributed by atoms with Crippen LogP contribution in [0.15, 0.2) is 101 Å². The number of imidazole rings is 1. The summed E-state index contributed by atoms with van der Waals surface area (Å²) >= 11 is 0. The SMILES string of the molecule is Cc1cc2oc3ccc(-c4nc5ccccc5n4-c4c(C(C)C)cc(-c5ccccc5)cc4C(C)C)cc3c2cc1C. The van der Waals surface area contributed by atoms with Crippen LogP contribution in [-0.4, -0.2) is 9.55 Å². The van der Waals surface area contributed by atoms with Crippen molar-refractivity contribution >= 4 is 33.0 Å². The van der Waals surface area contributed by atoms with Crippen molar-refractivity contribution in [2.45, 2.75) is 53.4 Å². The number of hydrogen-bond acceptors (Lipinski definition) is 2. The van der Waals surface area contributed by atoms with Gasteiger partial charge < -0.3 is 4.42 Å². The van der Waals surface area contributed by atoms with Crippen molar-refractivity contribution < 1.29 is 4.42 Å². The predicted octanol–water partition coefficient (Wildman–Crippen LogP) is 11.1. The molecule has 2 aromatic heterocycles. The lowest BCUT2D eigenvalue weighted by molar-refractivity contribution is 0.668. The topological polar surface area (TPSA) is 31.0 Å². The van der Waals surface area contributed by atoms with E-state index >= 15 is 0 Å². The summed E-state index contributed by atoms with van der Waals surface area (Å²) in [5, 5.41) is 2.27. The van der Waals surface area contributed by atoms with Gasteiger partial charge in [0, 0.05) is 16.3 Å². The van der Waals surface area contributed by atoms with E-state index in [-0.39, 0.29) is 0 Å². The van der Waals surface area contributed by atoms with E-state index in [2.05, 4.69) is 143 Å². The van der Waals surface area contributed by atoms with E-state index in [4.69, 9.17) is 9.40 Å². The Morgan fingerprint density at radius 2 is 1.24 bits per heavy atom.